The van der Waals surface area contributed by atoms with Crippen LogP contribution in [0.3, 0.4) is 0 Å². The Morgan fingerprint density at radius 3 is 2.65 bits per heavy atom. The van der Waals surface area contributed by atoms with E-state index in [4.69, 9.17) is 4.74 Å². The molecule has 5 heteroatoms. The highest BCUT2D eigenvalue weighted by Gasteiger charge is 2.01. The number of methoxy groups -OCH3 is 1. The van der Waals surface area contributed by atoms with Gasteiger partial charge in [0.15, 0.2) is 0 Å². The molecule has 0 aliphatic rings. The van der Waals surface area contributed by atoms with Gasteiger partial charge in [0.05, 0.1) is 7.11 Å². The van der Waals surface area contributed by atoms with E-state index in [9.17, 15) is 4.79 Å². The van der Waals surface area contributed by atoms with Gasteiger partial charge in [-0.15, -0.1) is 0 Å². The molecule has 0 spiro atoms. The summed E-state index contributed by atoms with van der Waals surface area (Å²) in [7, 11) is 1.64. The lowest BCUT2D eigenvalue weighted by Crippen LogP contribution is -2.30. The predicted octanol–water partition coefficient (Wildman–Crippen LogP) is 2.45. The summed E-state index contributed by atoms with van der Waals surface area (Å²) in [6.45, 7) is 0.561. The number of rotatable bonds is 5. The molecule has 5 nitrogen and oxygen atoms in total. The first-order valence-electron chi connectivity index (χ1n) is 6.37. The normalized spacial score (nSPS) is 9.85. The topological polar surface area (TPSA) is 63.2 Å². The van der Waals surface area contributed by atoms with E-state index in [2.05, 4.69) is 15.6 Å². The second kappa shape index (κ2) is 7.13. The van der Waals surface area contributed by atoms with E-state index in [0.29, 0.717) is 12.4 Å². The Kier molecular flexibility index (Phi) is 4.94. The lowest BCUT2D eigenvalue weighted by Gasteiger charge is -2.07. The number of amides is 2. The summed E-state index contributed by atoms with van der Waals surface area (Å²) < 4.78 is 5.09. The maximum Gasteiger partial charge on any atom is 0.320 e. The minimum atomic E-state index is -0.253. The predicted molar refractivity (Wildman–Crippen MR) is 78.0 cm³/mol. The van der Waals surface area contributed by atoms with E-state index in [1.54, 1.807) is 25.4 Å². The summed E-state index contributed by atoms with van der Waals surface area (Å²) in [6, 6.07) is 12.9. The maximum absolute atomic E-state index is 11.6. The summed E-state index contributed by atoms with van der Waals surface area (Å²) in [5.41, 5.74) is 1.14. The molecule has 1 aromatic heterocycles. The Morgan fingerprint density at radius 2 is 2.00 bits per heavy atom. The average molecular weight is 271 g/mol. The van der Waals surface area contributed by atoms with Crippen LogP contribution in [0.2, 0.25) is 0 Å². The molecule has 0 saturated heterocycles. The number of aromatic nitrogens is 1. The van der Waals surface area contributed by atoms with Crippen LogP contribution >= 0.6 is 0 Å². The Morgan fingerprint density at radius 1 is 1.20 bits per heavy atom. The number of hydrogen-bond donors (Lipinski definition) is 2. The highest BCUT2D eigenvalue weighted by atomic mass is 16.5. The average Bonchev–Trinajstić information content (AvgIpc) is 2.49. The quantitative estimate of drug-likeness (QED) is 0.878. The molecule has 1 heterocycles. The zero-order valence-corrected chi connectivity index (χ0v) is 11.3. The van der Waals surface area contributed by atoms with Gasteiger partial charge in [-0.05, 0) is 36.2 Å². The lowest BCUT2D eigenvalue weighted by molar-refractivity contribution is 0.252. The van der Waals surface area contributed by atoms with Crippen molar-refractivity contribution in [3.05, 3.63) is 54.2 Å². The number of nitrogens with one attached hydrogen (secondary N) is 2. The number of hydrogen-bond acceptors (Lipinski definition) is 3. The second-order valence-corrected chi connectivity index (χ2v) is 4.19. The van der Waals surface area contributed by atoms with Crippen molar-refractivity contribution >= 4 is 11.8 Å². The number of benzene rings is 1. The number of ether oxygens (including phenoxy) is 1. The van der Waals surface area contributed by atoms with Crippen LogP contribution in [0.1, 0.15) is 5.56 Å². The molecular formula is C15H17N3O2. The van der Waals surface area contributed by atoms with E-state index in [-0.39, 0.29) is 6.03 Å². The third kappa shape index (κ3) is 4.28. The van der Waals surface area contributed by atoms with Crippen molar-refractivity contribution in [1.29, 1.82) is 0 Å². The van der Waals surface area contributed by atoms with Crippen LogP contribution < -0.4 is 15.4 Å². The van der Waals surface area contributed by atoms with Crippen molar-refractivity contribution in [3.63, 3.8) is 0 Å². The summed E-state index contributed by atoms with van der Waals surface area (Å²) in [4.78, 5) is 15.6. The van der Waals surface area contributed by atoms with Gasteiger partial charge in [0.2, 0.25) is 0 Å². The van der Waals surface area contributed by atoms with Crippen molar-refractivity contribution in [2.75, 3.05) is 19.0 Å². The Labute approximate surface area is 118 Å². The van der Waals surface area contributed by atoms with E-state index >= 15 is 0 Å². The summed E-state index contributed by atoms with van der Waals surface area (Å²) in [6.07, 6.45) is 2.40. The van der Waals surface area contributed by atoms with Gasteiger partial charge in [-0.3, -0.25) is 5.32 Å². The molecule has 2 aromatic rings. The number of anilines is 1. The standard InChI is InChI=1S/C15H17N3O2/c1-20-13-7-5-12(6-8-13)9-11-17-15(19)18-14-4-2-3-10-16-14/h2-8,10H,9,11H2,1H3,(H2,16,17,18,19). The lowest BCUT2D eigenvalue weighted by atomic mass is 10.1. The zero-order valence-electron chi connectivity index (χ0n) is 11.3. The highest BCUT2D eigenvalue weighted by molar-refractivity contribution is 5.88. The number of pyridine rings is 1. The van der Waals surface area contributed by atoms with Gasteiger partial charge in [-0.25, -0.2) is 9.78 Å². The van der Waals surface area contributed by atoms with Crippen LogP contribution in [0.4, 0.5) is 10.6 Å². The molecule has 0 fully saturated rings. The van der Waals surface area contributed by atoms with Crippen LogP contribution in [0, 0.1) is 0 Å². The van der Waals surface area contributed by atoms with Gasteiger partial charge in [-0.2, -0.15) is 0 Å². The van der Waals surface area contributed by atoms with Crippen molar-refractivity contribution in [2.24, 2.45) is 0 Å². The molecule has 0 aliphatic carbocycles. The first-order chi connectivity index (χ1) is 9.78. The first kappa shape index (κ1) is 13.9. The van der Waals surface area contributed by atoms with Gasteiger partial charge in [-0.1, -0.05) is 18.2 Å². The number of carbonyl (C=O) groups excluding carboxylic acids is 1. The maximum atomic E-state index is 11.6. The molecule has 0 unspecified atom stereocenters. The smallest absolute Gasteiger partial charge is 0.320 e. The monoisotopic (exact) mass is 271 g/mol. The Hall–Kier alpha value is -2.56. The molecule has 2 amide bonds. The molecular weight excluding hydrogens is 254 g/mol. The minimum absolute atomic E-state index is 0.253. The molecule has 0 aliphatic heterocycles. The van der Waals surface area contributed by atoms with Crippen LogP contribution in [-0.2, 0) is 6.42 Å². The van der Waals surface area contributed by atoms with Crippen molar-refractivity contribution in [1.82, 2.24) is 10.3 Å². The zero-order chi connectivity index (χ0) is 14.2. The molecule has 20 heavy (non-hydrogen) atoms. The van der Waals surface area contributed by atoms with Crippen LogP contribution in [-0.4, -0.2) is 24.7 Å². The highest BCUT2D eigenvalue weighted by Crippen LogP contribution is 2.11. The molecule has 1 aromatic carbocycles. The minimum Gasteiger partial charge on any atom is -0.497 e. The number of nitrogens with zero attached hydrogens (tertiary/aromatic N) is 1. The fraction of sp³-hybridized carbons (Fsp3) is 0.200. The molecule has 0 saturated carbocycles. The van der Waals surface area contributed by atoms with Crippen molar-refractivity contribution in [3.8, 4) is 5.75 Å². The van der Waals surface area contributed by atoms with Gasteiger partial charge in [0, 0.05) is 12.7 Å². The molecule has 104 valence electrons. The fourth-order valence-corrected chi connectivity index (χ4v) is 1.71. The largest absolute Gasteiger partial charge is 0.497 e. The Balaban J connectivity index is 1.73. The molecule has 0 atom stereocenters. The molecule has 0 bridgehead atoms. The van der Waals surface area contributed by atoms with E-state index < -0.39 is 0 Å². The van der Waals surface area contributed by atoms with E-state index in [1.165, 1.54) is 0 Å². The van der Waals surface area contributed by atoms with Crippen LogP contribution in [0.5, 0.6) is 5.75 Å². The molecule has 0 radical (unpaired) electrons. The van der Waals surface area contributed by atoms with E-state index in [1.807, 2.05) is 30.3 Å². The van der Waals surface area contributed by atoms with Crippen LogP contribution in [0.15, 0.2) is 48.7 Å². The first-order valence-corrected chi connectivity index (χ1v) is 6.37. The van der Waals surface area contributed by atoms with Crippen LogP contribution in [0.25, 0.3) is 0 Å². The van der Waals surface area contributed by atoms with Crippen molar-refractivity contribution < 1.29 is 9.53 Å². The third-order valence-electron chi connectivity index (χ3n) is 2.76. The van der Waals surface area contributed by atoms with E-state index in [0.717, 1.165) is 17.7 Å². The van der Waals surface area contributed by atoms with Gasteiger partial charge < -0.3 is 10.1 Å². The molecule has 2 N–H and O–H groups in total. The van der Waals surface area contributed by atoms with Crippen molar-refractivity contribution in [2.45, 2.75) is 6.42 Å². The SMILES string of the molecule is COc1ccc(CCNC(=O)Nc2ccccn2)cc1. The third-order valence-corrected chi connectivity index (χ3v) is 2.76. The van der Waals surface area contributed by atoms with Gasteiger partial charge >= 0.3 is 6.03 Å². The summed E-state index contributed by atoms with van der Waals surface area (Å²) in [5, 5.41) is 5.45. The van der Waals surface area contributed by atoms with Gasteiger partial charge in [0.25, 0.3) is 0 Å². The number of carbonyl (C=O) groups is 1. The summed E-state index contributed by atoms with van der Waals surface area (Å²) >= 11 is 0. The molecule has 2 rings (SSSR count). The van der Waals surface area contributed by atoms with Gasteiger partial charge in [0.1, 0.15) is 11.6 Å². The summed E-state index contributed by atoms with van der Waals surface area (Å²) in [5.74, 6) is 1.36. The second-order valence-electron chi connectivity index (χ2n) is 4.19. The number of urea groups is 1. The Bertz CT molecular complexity index is 541. The fourth-order valence-electron chi connectivity index (χ4n) is 1.71.